The lowest BCUT2D eigenvalue weighted by atomic mass is 10.2. The van der Waals surface area contributed by atoms with Crippen LogP contribution in [-0.2, 0) is 6.42 Å². The van der Waals surface area contributed by atoms with E-state index in [2.05, 4.69) is 46.7 Å². The van der Waals surface area contributed by atoms with Crippen LogP contribution in [-0.4, -0.2) is 24.6 Å². The first-order chi connectivity index (χ1) is 7.26. The normalized spacial score (nSPS) is 13.0. The molecule has 0 aromatic carbocycles. The van der Waals surface area contributed by atoms with E-state index in [-0.39, 0.29) is 0 Å². The Labute approximate surface area is 109 Å². The van der Waals surface area contributed by atoms with E-state index in [1.807, 2.05) is 23.1 Å². The molecule has 0 saturated heterocycles. The van der Waals surface area contributed by atoms with Gasteiger partial charge in [-0.1, -0.05) is 6.92 Å². The Morgan fingerprint density at radius 3 is 2.93 bits per heavy atom. The van der Waals surface area contributed by atoms with Crippen LogP contribution in [0, 0.1) is 0 Å². The van der Waals surface area contributed by atoms with Crippen LogP contribution < -0.4 is 5.32 Å². The molecule has 4 heteroatoms. The molecule has 1 nitrogen and oxygen atoms in total. The molecule has 1 aromatic rings. The van der Waals surface area contributed by atoms with Gasteiger partial charge in [-0.15, -0.1) is 11.3 Å². The number of nitrogens with one attached hydrogen (secondary N) is 1. The first-order valence-corrected chi connectivity index (χ1v) is 8.07. The minimum Gasteiger partial charge on any atom is -0.316 e. The van der Waals surface area contributed by atoms with Crippen molar-refractivity contribution in [2.24, 2.45) is 0 Å². The summed E-state index contributed by atoms with van der Waals surface area (Å²) in [6.45, 7) is 2.23. The van der Waals surface area contributed by atoms with Gasteiger partial charge in [0.25, 0.3) is 0 Å². The Morgan fingerprint density at radius 2 is 2.40 bits per heavy atom. The second-order valence-corrected chi connectivity index (χ2v) is 6.56. The minimum atomic E-state index is 0.604. The molecule has 15 heavy (non-hydrogen) atoms. The van der Waals surface area contributed by atoms with Crippen molar-refractivity contribution >= 4 is 39.0 Å². The summed E-state index contributed by atoms with van der Waals surface area (Å²) in [5, 5.41) is 5.54. The van der Waals surface area contributed by atoms with Crippen molar-refractivity contribution in [3.05, 3.63) is 20.8 Å². The zero-order valence-electron chi connectivity index (χ0n) is 9.25. The molecule has 0 amide bonds. The Hall–Kier alpha value is 0.490. The summed E-state index contributed by atoms with van der Waals surface area (Å²) in [5.41, 5.74) is 0. The number of rotatable bonds is 7. The standard InChI is InChI=1S/C11H18BrNS2/c1-3-4-14-8-10(13-2)6-11-5-9(12)7-15-11/h5,7,10,13H,3-4,6,8H2,1-2H3. The van der Waals surface area contributed by atoms with Gasteiger partial charge in [-0.25, -0.2) is 0 Å². The maximum absolute atomic E-state index is 3.49. The molecule has 1 atom stereocenters. The summed E-state index contributed by atoms with van der Waals surface area (Å²) in [4.78, 5) is 1.46. The second-order valence-electron chi connectivity index (χ2n) is 3.50. The largest absolute Gasteiger partial charge is 0.316 e. The van der Waals surface area contributed by atoms with Crippen LogP contribution in [0.1, 0.15) is 18.2 Å². The molecule has 86 valence electrons. The topological polar surface area (TPSA) is 12.0 Å². The van der Waals surface area contributed by atoms with Crippen molar-refractivity contribution < 1.29 is 0 Å². The van der Waals surface area contributed by atoms with Crippen LogP contribution in [0.3, 0.4) is 0 Å². The van der Waals surface area contributed by atoms with E-state index in [1.165, 1.54) is 27.3 Å². The maximum Gasteiger partial charge on any atom is 0.0285 e. The molecular weight excluding hydrogens is 290 g/mol. The van der Waals surface area contributed by atoms with Gasteiger partial charge in [0.1, 0.15) is 0 Å². The molecule has 1 rings (SSSR count). The summed E-state index contributed by atoms with van der Waals surface area (Å²) in [6.07, 6.45) is 2.41. The third-order valence-electron chi connectivity index (χ3n) is 2.15. The summed E-state index contributed by atoms with van der Waals surface area (Å²) >= 11 is 7.37. The number of likely N-dealkylation sites (N-methyl/N-ethyl adjacent to an activating group) is 1. The lowest BCUT2D eigenvalue weighted by Crippen LogP contribution is -2.29. The lowest BCUT2D eigenvalue weighted by Gasteiger charge is -2.14. The van der Waals surface area contributed by atoms with E-state index in [1.54, 1.807) is 0 Å². The number of hydrogen-bond donors (Lipinski definition) is 1. The Bertz CT molecular complexity index is 275. The van der Waals surface area contributed by atoms with E-state index in [9.17, 15) is 0 Å². The second kappa shape index (κ2) is 7.71. The molecule has 0 radical (unpaired) electrons. The third-order valence-corrected chi connectivity index (χ3v) is 5.20. The first-order valence-electron chi connectivity index (χ1n) is 5.24. The number of hydrogen-bond acceptors (Lipinski definition) is 3. The fourth-order valence-electron chi connectivity index (χ4n) is 1.32. The molecule has 1 heterocycles. The smallest absolute Gasteiger partial charge is 0.0285 e. The molecule has 1 aromatic heterocycles. The average Bonchev–Trinajstić information content (AvgIpc) is 2.63. The predicted molar refractivity (Wildman–Crippen MR) is 76.2 cm³/mol. The van der Waals surface area contributed by atoms with Gasteiger partial charge in [0.2, 0.25) is 0 Å². The van der Waals surface area contributed by atoms with E-state index >= 15 is 0 Å². The number of halogens is 1. The molecular formula is C11H18BrNS2. The highest BCUT2D eigenvalue weighted by atomic mass is 79.9. The van der Waals surface area contributed by atoms with Gasteiger partial charge in [-0.2, -0.15) is 11.8 Å². The molecule has 0 bridgehead atoms. The monoisotopic (exact) mass is 307 g/mol. The highest BCUT2D eigenvalue weighted by Gasteiger charge is 2.08. The van der Waals surface area contributed by atoms with Crippen molar-refractivity contribution in [2.75, 3.05) is 18.6 Å². The van der Waals surface area contributed by atoms with Crippen molar-refractivity contribution in [2.45, 2.75) is 25.8 Å². The molecule has 0 saturated carbocycles. The molecule has 0 aliphatic rings. The molecule has 0 aliphatic carbocycles. The SMILES string of the molecule is CCCSCC(Cc1cc(Br)cs1)NC. The lowest BCUT2D eigenvalue weighted by molar-refractivity contribution is 0.621. The number of thiophene rings is 1. The highest BCUT2D eigenvalue weighted by Crippen LogP contribution is 2.21. The Morgan fingerprint density at radius 1 is 1.60 bits per heavy atom. The number of thioether (sulfide) groups is 1. The van der Waals surface area contributed by atoms with Crippen LogP contribution in [0.15, 0.2) is 15.9 Å². The Balaban J connectivity index is 2.33. The fourth-order valence-corrected chi connectivity index (χ4v) is 3.87. The van der Waals surface area contributed by atoms with Crippen LogP contribution in [0.25, 0.3) is 0 Å². The Kier molecular flexibility index (Phi) is 6.97. The van der Waals surface area contributed by atoms with Crippen molar-refractivity contribution in [3.63, 3.8) is 0 Å². The fraction of sp³-hybridized carbons (Fsp3) is 0.636. The zero-order chi connectivity index (χ0) is 11.1. The maximum atomic E-state index is 3.49. The summed E-state index contributed by atoms with van der Waals surface area (Å²) in [7, 11) is 2.06. The van der Waals surface area contributed by atoms with Gasteiger partial charge in [0, 0.05) is 26.5 Å². The summed E-state index contributed by atoms with van der Waals surface area (Å²) in [6, 6.07) is 2.83. The van der Waals surface area contributed by atoms with Gasteiger partial charge in [0.05, 0.1) is 0 Å². The van der Waals surface area contributed by atoms with Crippen LogP contribution in [0.5, 0.6) is 0 Å². The van der Waals surface area contributed by atoms with Gasteiger partial charge in [0.15, 0.2) is 0 Å². The van der Waals surface area contributed by atoms with E-state index in [0.717, 1.165) is 6.42 Å². The van der Waals surface area contributed by atoms with Crippen LogP contribution >= 0.6 is 39.0 Å². The van der Waals surface area contributed by atoms with E-state index in [4.69, 9.17) is 0 Å². The van der Waals surface area contributed by atoms with Gasteiger partial charge >= 0.3 is 0 Å². The van der Waals surface area contributed by atoms with Gasteiger partial charge < -0.3 is 5.32 Å². The molecule has 1 unspecified atom stereocenters. The van der Waals surface area contributed by atoms with Gasteiger partial charge in [-0.3, -0.25) is 0 Å². The van der Waals surface area contributed by atoms with Crippen LogP contribution in [0.4, 0.5) is 0 Å². The zero-order valence-corrected chi connectivity index (χ0v) is 12.5. The molecule has 0 fully saturated rings. The van der Waals surface area contributed by atoms with E-state index in [0.29, 0.717) is 6.04 Å². The predicted octanol–water partition coefficient (Wildman–Crippen LogP) is 3.78. The first kappa shape index (κ1) is 13.6. The van der Waals surface area contributed by atoms with Crippen molar-refractivity contribution in [3.8, 4) is 0 Å². The molecule has 0 spiro atoms. The average molecular weight is 308 g/mol. The van der Waals surface area contributed by atoms with Gasteiger partial charge in [-0.05, 0) is 47.6 Å². The van der Waals surface area contributed by atoms with Crippen molar-refractivity contribution in [1.82, 2.24) is 5.32 Å². The minimum absolute atomic E-state index is 0.604. The van der Waals surface area contributed by atoms with Crippen molar-refractivity contribution in [1.29, 1.82) is 0 Å². The third kappa shape index (κ3) is 5.38. The molecule has 1 N–H and O–H groups in total. The van der Waals surface area contributed by atoms with E-state index < -0.39 is 0 Å². The summed E-state index contributed by atoms with van der Waals surface area (Å²) in [5.74, 6) is 2.48. The van der Waals surface area contributed by atoms with Crippen LogP contribution in [0.2, 0.25) is 0 Å². The quantitative estimate of drug-likeness (QED) is 0.769. The highest BCUT2D eigenvalue weighted by molar-refractivity contribution is 9.10. The molecule has 0 aliphatic heterocycles. The summed E-state index contributed by atoms with van der Waals surface area (Å²) < 4.78 is 1.21.